The Bertz CT molecular complexity index is 6180. The van der Waals surface area contributed by atoms with Crippen molar-refractivity contribution in [3.63, 3.8) is 0 Å². The highest BCUT2D eigenvalue weighted by Crippen LogP contribution is 2.42. The van der Waals surface area contributed by atoms with Crippen molar-refractivity contribution in [3.05, 3.63) is 381 Å². The van der Waals surface area contributed by atoms with E-state index in [-0.39, 0.29) is 5.28 Å². The van der Waals surface area contributed by atoms with Crippen LogP contribution in [-0.2, 0) is 6.42 Å². The number of nitrogens with zero attached hydrogens (tertiary/aromatic N) is 11. The molecule has 0 saturated carbocycles. The normalized spacial score (nSPS) is 11.4. The van der Waals surface area contributed by atoms with Gasteiger partial charge in [-0.25, -0.2) is 19.9 Å². The SMILES string of the molecule is Clc1nc(-c2cccc(-c3ccccc3)c2)nc(-c2cccc(-c3ccccc3)c2)n1.c1ccc(-c2cccc(-c3nc(-c4cccc(-c5ccccc5)c4)nc(-n4c5ccccc5c5ccc6ncn(-c7ccccc7)c6c54)n3)c2)cc1.c1ccc(-n2cnc3ccc4c(c32)Cc2ccccc2-4)cc1. The largest absolute Gasteiger partial charge is 0.299 e. The predicted molar refractivity (Wildman–Crippen MR) is 426 cm³/mol. The first-order valence-corrected chi connectivity index (χ1v) is 35.2. The lowest BCUT2D eigenvalue weighted by atomic mass is 10.0. The van der Waals surface area contributed by atoms with Crippen molar-refractivity contribution >= 4 is 55.5 Å². The summed E-state index contributed by atoms with van der Waals surface area (Å²) in [6.07, 6.45) is 4.82. The summed E-state index contributed by atoms with van der Waals surface area (Å²) in [5, 5.41) is 2.39. The second-order valence-electron chi connectivity index (χ2n) is 25.7. The second-order valence-corrected chi connectivity index (χ2v) is 26.0. The number of hydrogen-bond acceptors (Lipinski definition) is 8. The lowest BCUT2D eigenvalue weighted by molar-refractivity contribution is 0.953. The summed E-state index contributed by atoms with van der Waals surface area (Å²) in [5.74, 6) is 2.83. The molecule has 5 heterocycles. The topological polar surface area (TPSA) is 118 Å². The lowest BCUT2D eigenvalue weighted by Crippen LogP contribution is -2.07. The number of fused-ring (bicyclic) bond motifs is 10. The van der Waals surface area contributed by atoms with Gasteiger partial charge in [0.2, 0.25) is 11.2 Å². The molecule has 0 saturated heterocycles. The maximum absolute atomic E-state index is 6.30. The quantitative estimate of drug-likeness (QED) is 0.126. The highest BCUT2D eigenvalue weighted by Gasteiger charge is 2.25. The minimum atomic E-state index is 0.176. The van der Waals surface area contributed by atoms with Gasteiger partial charge in [-0.2, -0.15) is 19.9 Å². The molecule has 20 rings (SSSR count). The second kappa shape index (κ2) is 27.9. The molecule has 0 bridgehead atoms. The van der Waals surface area contributed by atoms with Crippen LogP contribution in [-0.4, -0.2) is 53.6 Å². The van der Waals surface area contributed by atoms with Gasteiger partial charge >= 0.3 is 0 Å². The van der Waals surface area contributed by atoms with E-state index in [0.717, 1.165) is 123 Å². The number of aromatic nitrogens is 11. The summed E-state index contributed by atoms with van der Waals surface area (Å²) in [6.45, 7) is 0. The van der Waals surface area contributed by atoms with E-state index < -0.39 is 0 Å². The number of rotatable bonds is 11. The molecular weight excluding hydrogens is 1310 g/mol. The van der Waals surface area contributed by atoms with Gasteiger partial charge in [-0.1, -0.05) is 279 Å². The number of halogens is 1. The van der Waals surface area contributed by atoms with E-state index in [9.17, 15) is 0 Å². The van der Waals surface area contributed by atoms with Crippen LogP contribution in [0.3, 0.4) is 0 Å². The maximum atomic E-state index is 6.30. The smallest absolute Gasteiger partial charge is 0.238 e. The summed E-state index contributed by atoms with van der Waals surface area (Å²) >= 11 is 6.30. The van der Waals surface area contributed by atoms with Crippen LogP contribution >= 0.6 is 11.6 Å². The molecule has 0 amide bonds. The Hall–Kier alpha value is -13.9. The third kappa shape index (κ3) is 12.6. The summed E-state index contributed by atoms with van der Waals surface area (Å²) in [7, 11) is 0. The van der Waals surface area contributed by atoms with Crippen molar-refractivity contribution in [1.82, 2.24) is 53.6 Å². The van der Waals surface area contributed by atoms with Gasteiger partial charge in [0.05, 0.1) is 33.1 Å². The molecule has 0 unspecified atom stereocenters. The molecule has 0 fully saturated rings. The van der Waals surface area contributed by atoms with E-state index in [2.05, 4.69) is 296 Å². The first kappa shape index (κ1) is 63.3. The molecule has 0 atom stereocenters. The average Bonchev–Trinajstić information content (AvgIpc) is 1.57. The zero-order chi connectivity index (χ0) is 70.0. The van der Waals surface area contributed by atoms with Gasteiger partial charge in [-0.15, -0.1) is 0 Å². The van der Waals surface area contributed by atoms with Crippen molar-refractivity contribution in [1.29, 1.82) is 0 Å². The number of imidazole rings is 2. The fraction of sp³-hybridized carbons (Fsp3) is 0.0108. The maximum Gasteiger partial charge on any atom is 0.238 e. The Morgan fingerprint density at radius 2 is 0.638 bits per heavy atom. The molecule has 0 N–H and O–H groups in total. The molecule has 1 aliphatic carbocycles. The number of para-hydroxylation sites is 3. The minimum absolute atomic E-state index is 0.176. The van der Waals surface area contributed by atoms with Crippen molar-refractivity contribution in [2.24, 2.45) is 0 Å². The Labute approximate surface area is 611 Å². The van der Waals surface area contributed by atoms with E-state index in [4.69, 9.17) is 36.5 Å². The fourth-order valence-corrected chi connectivity index (χ4v) is 14.4. The van der Waals surface area contributed by atoms with Crippen LogP contribution in [0, 0.1) is 0 Å². The highest BCUT2D eigenvalue weighted by atomic mass is 35.5. The standard InChI is InChI=1S/C46H30N6.C27H18ClN3.C20H14N2/c1-4-14-31(15-5-1)33-18-12-20-35(28-33)44-48-45(36-21-13-19-34(29-36)32-16-6-2-7-17-32)50-46(49-44)52-41-25-11-10-24-38(41)39-26-27-40-43(42(39)52)51(30-47-40)37-22-8-3-9-23-37;28-27-30-25(23-15-7-13-21(17-23)19-9-3-1-4-10-19)29-26(31-27)24-16-8-14-22(18-24)20-11-5-2-6-12-20;1-2-7-15(8-3-1)22-13-21-19-11-10-17-16-9-5-4-6-14(16)12-18(17)20(19)22/h1-30H;1-18H;1-11,13H,12H2. The van der Waals surface area contributed by atoms with E-state index in [0.29, 0.717) is 29.2 Å². The first-order valence-electron chi connectivity index (χ1n) is 34.9. The Kier molecular flexibility index (Phi) is 16.8. The van der Waals surface area contributed by atoms with Gasteiger partial charge in [0.25, 0.3) is 0 Å². The molecule has 0 spiro atoms. The first-order chi connectivity index (χ1) is 52.0. The van der Waals surface area contributed by atoms with Gasteiger partial charge in [0.15, 0.2) is 23.3 Å². The zero-order valence-corrected chi connectivity index (χ0v) is 57.4. The monoisotopic (exact) mass is 1370 g/mol. The molecular formula is C93H62ClN11. The molecule has 12 heteroatoms. The molecule has 11 nitrogen and oxygen atoms in total. The van der Waals surface area contributed by atoms with E-state index in [1.165, 1.54) is 27.8 Å². The Morgan fingerprint density at radius 3 is 1.11 bits per heavy atom. The molecule has 0 radical (unpaired) electrons. The molecule has 0 aliphatic heterocycles. The van der Waals surface area contributed by atoms with Gasteiger partial charge < -0.3 is 0 Å². The van der Waals surface area contributed by atoms with Crippen LogP contribution < -0.4 is 0 Å². The van der Waals surface area contributed by atoms with Crippen molar-refractivity contribution in [2.75, 3.05) is 0 Å². The van der Waals surface area contributed by atoms with Crippen LogP contribution in [0.4, 0.5) is 0 Å². The summed E-state index contributed by atoms with van der Waals surface area (Å²) in [5.41, 5.74) is 26.4. The zero-order valence-electron chi connectivity index (χ0n) is 56.6. The van der Waals surface area contributed by atoms with Gasteiger partial charge in [-0.3, -0.25) is 13.7 Å². The molecule has 1 aliphatic rings. The molecule has 14 aromatic carbocycles. The molecule has 19 aromatic rings. The van der Waals surface area contributed by atoms with E-state index >= 15 is 0 Å². The molecule has 105 heavy (non-hydrogen) atoms. The minimum Gasteiger partial charge on any atom is -0.299 e. The van der Waals surface area contributed by atoms with Gasteiger partial charge in [0.1, 0.15) is 12.7 Å². The van der Waals surface area contributed by atoms with E-state index in [1.807, 2.05) is 97.6 Å². The molecule has 5 aromatic heterocycles. The number of benzene rings is 14. The van der Waals surface area contributed by atoms with Crippen LogP contribution in [0.15, 0.2) is 365 Å². The van der Waals surface area contributed by atoms with Gasteiger partial charge in [-0.05, 0) is 151 Å². The van der Waals surface area contributed by atoms with Crippen LogP contribution in [0.5, 0.6) is 0 Å². The van der Waals surface area contributed by atoms with Crippen molar-refractivity contribution in [3.8, 4) is 119 Å². The Morgan fingerprint density at radius 1 is 0.267 bits per heavy atom. The average molecular weight is 1370 g/mol. The van der Waals surface area contributed by atoms with Gasteiger partial charge in [0, 0.05) is 50.8 Å². The number of hydrogen-bond donors (Lipinski definition) is 0. The third-order valence-electron chi connectivity index (χ3n) is 19.2. The van der Waals surface area contributed by atoms with Crippen LogP contribution in [0.25, 0.3) is 162 Å². The summed E-state index contributed by atoms with van der Waals surface area (Å²) < 4.78 is 6.55. The molecule has 496 valence electrons. The van der Waals surface area contributed by atoms with Crippen molar-refractivity contribution < 1.29 is 0 Å². The highest BCUT2D eigenvalue weighted by molar-refractivity contribution is 6.28. The van der Waals surface area contributed by atoms with E-state index in [1.54, 1.807) is 0 Å². The van der Waals surface area contributed by atoms with Crippen LogP contribution in [0.2, 0.25) is 5.28 Å². The predicted octanol–water partition coefficient (Wildman–Crippen LogP) is 22.8. The summed E-state index contributed by atoms with van der Waals surface area (Å²) in [4.78, 5) is 38.7. The summed E-state index contributed by atoms with van der Waals surface area (Å²) in [6, 6.07) is 121. The third-order valence-corrected chi connectivity index (χ3v) is 19.4. The lowest BCUT2D eigenvalue weighted by Gasteiger charge is -2.13. The Balaban J connectivity index is 0.000000124. The van der Waals surface area contributed by atoms with Crippen LogP contribution in [0.1, 0.15) is 11.1 Å². The van der Waals surface area contributed by atoms with Crippen molar-refractivity contribution in [2.45, 2.75) is 6.42 Å². The fourth-order valence-electron chi connectivity index (χ4n) is 14.3.